The Balaban J connectivity index is 2.35. The third-order valence-corrected chi connectivity index (χ3v) is 4.56. The average Bonchev–Trinajstić information content (AvgIpc) is 2.77. The van der Waals surface area contributed by atoms with Crippen molar-refractivity contribution < 1.29 is 4.43 Å². The van der Waals surface area contributed by atoms with Gasteiger partial charge in [0.2, 0.25) is 9.04 Å². The van der Waals surface area contributed by atoms with Gasteiger partial charge in [-0.05, 0) is 56.1 Å². The summed E-state index contributed by atoms with van der Waals surface area (Å²) >= 11 is 1.73. The molecule has 0 aliphatic carbocycles. The predicted molar refractivity (Wildman–Crippen MR) is 86.9 cm³/mol. The van der Waals surface area contributed by atoms with Crippen LogP contribution in [0.3, 0.4) is 0 Å². The first-order valence-electron chi connectivity index (χ1n) is 6.43. The van der Waals surface area contributed by atoms with Crippen LogP contribution < -0.4 is 4.43 Å². The molecule has 0 aliphatic rings. The summed E-state index contributed by atoms with van der Waals surface area (Å²) in [5, 5.41) is 2.10. The van der Waals surface area contributed by atoms with E-state index in [1.807, 2.05) is 24.3 Å². The van der Waals surface area contributed by atoms with E-state index in [-0.39, 0.29) is 0 Å². The first-order valence-corrected chi connectivity index (χ1v) is 10.1. The molecule has 0 aliphatic heterocycles. The van der Waals surface area contributed by atoms with Crippen LogP contribution in [0.5, 0.6) is 5.75 Å². The molecule has 100 valence electrons. The standard InChI is InChI=1S/C15H19NOSSi/c1-11-9-10-18-15(11)12(2)16-13-7-5-6-8-14(13)17-19(3)4/h5-10,19H,1-4H3. The number of aliphatic imine (C=N–C) groups is 1. The highest BCUT2D eigenvalue weighted by atomic mass is 32.1. The number of hydrogen-bond donors (Lipinski definition) is 0. The minimum absolute atomic E-state index is 0.901. The quantitative estimate of drug-likeness (QED) is 0.597. The molecule has 0 N–H and O–H groups in total. The first-order chi connectivity index (χ1) is 9.08. The van der Waals surface area contributed by atoms with Crippen molar-refractivity contribution >= 4 is 31.8 Å². The van der Waals surface area contributed by atoms with Crippen molar-refractivity contribution in [2.45, 2.75) is 26.9 Å². The molecule has 1 heterocycles. The van der Waals surface area contributed by atoms with Crippen LogP contribution in [0.15, 0.2) is 40.7 Å². The predicted octanol–water partition coefficient (Wildman–Crippen LogP) is 4.56. The van der Waals surface area contributed by atoms with Crippen LogP contribution in [0.4, 0.5) is 5.69 Å². The van der Waals surface area contributed by atoms with E-state index in [0.29, 0.717) is 0 Å². The Hall–Kier alpha value is -1.39. The van der Waals surface area contributed by atoms with E-state index in [1.54, 1.807) is 11.3 Å². The molecule has 0 saturated carbocycles. The lowest BCUT2D eigenvalue weighted by molar-refractivity contribution is 0.582. The molecule has 4 heteroatoms. The Kier molecular flexibility index (Phi) is 4.55. The molecule has 0 unspecified atom stereocenters. The zero-order chi connectivity index (χ0) is 13.8. The molecule has 1 aromatic carbocycles. The van der Waals surface area contributed by atoms with Gasteiger partial charge in [-0.15, -0.1) is 11.3 Å². The molecule has 0 saturated heterocycles. The number of rotatable bonds is 4. The van der Waals surface area contributed by atoms with Crippen LogP contribution >= 0.6 is 11.3 Å². The van der Waals surface area contributed by atoms with Gasteiger partial charge in [0, 0.05) is 0 Å². The maximum atomic E-state index is 5.93. The van der Waals surface area contributed by atoms with E-state index in [4.69, 9.17) is 9.42 Å². The molecule has 0 amide bonds. The van der Waals surface area contributed by atoms with Crippen LogP contribution in [0.2, 0.25) is 13.1 Å². The van der Waals surface area contributed by atoms with E-state index in [9.17, 15) is 0 Å². The van der Waals surface area contributed by atoms with Crippen molar-refractivity contribution in [1.29, 1.82) is 0 Å². The molecule has 0 fully saturated rings. The van der Waals surface area contributed by atoms with Crippen molar-refractivity contribution in [3.05, 3.63) is 46.2 Å². The van der Waals surface area contributed by atoms with Gasteiger partial charge in [0.15, 0.2) is 0 Å². The monoisotopic (exact) mass is 289 g/mol. The number of hydrogen-bond acceptors (Lipinski definition) is 3. The molecule has 19 heavy (non-hydrogen) atoms. The van der Waals surface area contributed by atoms with Gasteiger partial charge in [-0.1, -0.05) is 12.1 Å². The molecule has 2 aromatic rings. The Morgan fingerprint density at radius 1 is 1.21 bits per heavy atom. The third kappa shape index (κ3) is 3.55. The zero-order valence-electron chi connectivity index (χ0n) is 11.8. The molecule has 2 rings (SSSR count). The minimum atomic E-state index is -1.11. The summed E-state index contributed by atoms with van der Waals surface area (Å²) in [6.45, 7) is 8.50. The molecular weight excluding hydrogens is 270 g/mol. The van der Waals surface area contributed by atoms with Crippen molar-refractivity contribution in [3.63, 3.8) is 0 Å². The van der Waals surface area contributed by atoms with Gasteiger partial charge in [0.1, 0.15) is 11.4 Å². The van der Waals surface area contributed by atoms with E-state index in [1.165, 1.54) is 10.4 Å². The molecular formula is C15H19NOSSi. The molecule has 1 aromatic heterocycles. The van der Waals surface area contributed by atoms with Crippen LogP contribution in [0.1, 0.15) is 17.4 Å². The second-order valence-corrected chi connectivity index (χ2v) is 8.01. The molecule has 0 bridgehead atoms. The molecule has 2 nitrogen and oxygen atoms in total. The summed E-state index contributed by atoms with van der Waals surface area (Å²) in [4.78, 5) is 5.99. The Morgan fingerprint density at radius 2 is 1.95 bits per heavy atom. The number of aryl methyl sites for hydroxylation is 1. The lowest BCUT2D eigenvalue weighted by Crippen LogP contribution is -2.11. The summed E-state index contributed by atoms with van der Waals surface area (Å²) in [7, 11) is -1.11. The van der Waals surface area contributed by atoms with Crippen LogP contribution in [0, 0.1) is 6.92 Å². The number of thiophene rings is 1. The van der Waals surface area contributed by atoms with Gasteiger partial charge in [-0.25, -0.2) is 4.99 Å². The average molecular weight is 289 g/mol. The number of nitrogens with zero attached hydrogens (tertiary/aromatic N) is 1. The fourth-order valence-electron chi connectivity index (χ4n) is 1.88. The van der Waals surface area contributed by atoms with E-state index in [2.05, 4.69) is 38.4 Å². The lowest BCUT2D eigenvalue weighted by atomic mass is 10.2. The SMILES string of the molecule is CC(=Nc1ccccc1O[SiH](C)C)c1sccc1C. The fraction of sp³-hybridized carbons (Fsp3) is 0.267. The highest BCUT2D eigenvalue weighted by Gasteiger charge is 2.07. The second-order valence-electron chi connectivity index (χ2n) is 4.76. The summed E-state index contributed by atoms with van der Waals surface area (Å²) in [5.74, 6) is 0.901. The molecule has 0 spiro atoms. The number of benzene rings is 1. The maximum absolute atomic E-state index is 5.93. The van der Waals surface area contributed by atoms with Crippen molar-refractivity contribution in [3.8, 4) is 5.75 Å². The summed E-state index contributed by atoms with van der Waals surface area (Å²) in [6, 6.07) is 10.1. The van der Waals surface area contributed by atoms with Gasteiger partial charge in [-0.3, -0.25) is 0 Å². The Bertz CT molecular complexity index is 589. The van der Waals surface area contributed by atoms with Crippen molar-refractivity contribution in [1.82, 2.24) is 0 Å². The second kappa shape index (κ2) is 6.17. The van der Waals surface area contributed by atoms with E-state index in [0.717, 1.165) is 17.1 Å². The van der Waals surface area contributed by atoms with Crippen LogP contribution in [-0.2, 0) is 0 Å². The van der Waals surface area contributed by atoms with Gasteiger partial charge < -0.3 is 4.43 Å². The van der Waals surface area contributed by atoms with Gasteiger partial charge in [0.05, 0.1) is 10.6 Å². The normalized spacial score (nSPS) is 11.9. The Labute approximate surface area is 120 Å². The smallest absolute Gasteiger partial charge is 0.229 e. The van der Waals surface area contributed by atoms with Gasteiger partial charge in [0.25, 0.3) is 0 Å². The zero-order valence-corrected chi connectivity index (χ0v) is 13.8. The van der Waals surface area contributed by atoms with Crippen molar-refractivity contribution in [2.75, 3.05) is 0 Å². The summed E-state index contributed by atoms with van der Waals surface area (Å²) in [5.41, 5.74) is 3.26. The highest BCUT2D eigenvalue weighted by molar-refractivity contribution is 7.12. The van der Waals surface area contributed by atoms with E-state index < -0.39 is 9.04 Å². The fourth-order valence-corrected chi connectivity index (χ4v) is 3.46. The minimum Gasteiger partial charge on any atom is -0.546 e. The summed E-state index contributed by atoms with van der Waals surface area (Å²) in [6.07, 6.45) is 0. The lowest BCUT2D eigenvalue weighted by Gasteiger charge is -2.12. The largest absolute Gasteiger partial charge is 0.546 e. The third-order valence-electron chi connectivity index (χ3n) is 2.71. The maximum Gasteiger partial charge on any atom is 0.229 e. The van der Waals surface area contributed by atoms with Crippen molar-refractivity contribution in [2.24, 2.45) is 4.99 Å². The highest BCUT2D eigenvalue weighted by Crippen LogP contribution is 2.29. The topological polar surface area (TPSA) is 21.6 Å². The van der Waals surface area contributed by atoms with Gasteiger partial charge >= 0.3 is 0 Å². The Morgan fingerprint density at radius 3 is 2.58 bits per heavy atom. The van der Waals surface area contributed by atoms with Crippen LogP contribution in [-0.4, -0.2) is 14.8 Å². The first kappa shape index (κ1) is 14.0. The summed E-state index contributed by atoms with van der Waals surface area (Å²) < 4.78 is 5.93. The molecule has 0 radical (unpaired) electrons. The van der Waals surface area contributed by atoms with E-state index >= 15 is 0 Å². The van der Waals surface area contributed by atoms with Gasteiger partial charge in [-0.2, -0.15) is 0 Å². The molecule has 0 atom stereocenters. The van der Waals surface area contributed by atoms with Crippen LogP contribution in [0.25, 0.3) is 0 Å². The number of para-hydroxylation sites is 2.